The molecule has 0 unspecified atom stereocenters. The van der Waals surface area contributed by atoms with Gasteiger partial charge in [0.1, 0.15) is 11.5 Å². The number of Topliss-reactive ketones (excluding diaryl/α,β-unsaturated/α-hetero) is 1. The van der Waals surface area contributed by atoms with Crippen molar-refractivity contribution in [2.75, 3.05) is 0 Å². The second kappa shape index (κ2) is 5.40. The summed E-state index contributed by atoms with van der Waals surface area (Å²) in [6, 6.07) is 7.89. The highest BCUT2D eigenvalue weighted by atomic mass is 79.9. The van der Waals surface area contributed by atoms with Gasteiger partial charge in [0.05, 0.1) is 0 Å². The SMILES string of the molecule is Cc1ccnc(C(=O)Cc2ccc(F)cc2Br)c1. The number of aryl methyl sites for hydroxylation is 1. The minimum absolute atomic E-state index is 0.0778. The van der Waals surface area contributed by atoms with Gasteiger partial charge in [-0.05, 0) is 42.3 Å². The third-order valence-corrected chi connectivity index (χ3v) is 3.31. The van der Waals surface area contributed by atoms with Gasteiger partial charge < -0.3 is 0 Å². The molecule has 0 aliphatic carbocycles. The molecule has 92 valence electrons. The number of carbonyl (C=O) groups is 1. The maximum Gasteiger partial charge on any atom is 0.185 e. The first-order valence-corrected chi connectivity index (χ1v) is 6.25. The normalized spacial score (nSPS) is 10.4. The first-order valence-electron chi connectivity index (χ1n) is 5.46. The molecule has 1 aromatic carbocycles. The van der Waals surface area contributed by atoms with Gasteiger partial charge in [-0.2, -0.15) is 0 Å². The third-order valence-electron chi connectivity index (χ3n) is 2.57. The summed E-state index contributed by atoms with van der Waals surface area (Å²) in [5.41, 5.74) is 2.18. The van der Waals surface area contributed by atoms with E-state index in [1.165, 1.54) is 12.1 Å². The van der Waals surface area contributed by atoms with Crippen molar-refractivity contribution in [3.05, 3.63) is 63.6 Å². The summed E-state index contributed by atoms with van der Waals surface area (Å²) in [5.74, 6) is -0.405. The first-order chi connectivity index (χ1) is 8.56. The van der Waals surface area contributed by atoms with E-state index in [4.69, 9.17) is 0 Å². The van der Waals surface area contributed by atoms with Crippen LogP contribution in [-0.4, -0.2) is 10.8 Å². The molecule has 1 aromatic heterocycles. The average Bonchev–Trinajstić information content (AvgIpc) is 2.32. The zero-order chi connectivity index (χ0) is 13.1. The lowest BCUT2D eigenvalue weighted by molar-refractivity contribution is 0.0988. The molecule has 0 N–H and O–H groups in total. The molecule has 2 aromatic rings. The van der Waals surface area contributed by atoms with Crippen molar-refractivity contribution < 1.29 is 9.18 Å². The summed E-state index contributed by atoms with van der Waals surface area (Å²) in [7, 11) is 0. The van der Waals surface area contributed by atoms with Crippen molar-refractivity contribution in [3.8, 4) is 0 Å². The number of hydrogen-bond acceptors (Lipinski definition) is 2. The Kier molecular flexibility index (Phi) is 3.87. The van der Waals surface area contributed by atoms with Crippen molar-refractivity contribution in [3.63, 3.8) is 0 Å². The van der Waals surface area contributed by atoms with Gasteiger partial charge in [-0.15, -0.1) is 0 Å². The van der Waals surface area contributed by atoms with Crippen LogP contribution in [0.5, 0.6) is 0 Å². The van der Waals surface area contributed by atoms with Crippen LogP contribution >= 0.6 is 15.9 Å². The van der Waals surface area contributed by atoms with Gasteiger partial charge in [-0.25, -0.2) is 4.39 Å². The number of carbonyl (C=O) groups excluding carboxylic acids is 1. The quantitative estimate of drug-likeness (QED) is 0.809. The predicted molar refractivity (Wildman–Crippen MR) is 71.1 cm³/mol. The summed E-state index contributed by atoms with van der Waals surface area (Å²) in [6.45, 7) is 1.91. The smallest absolute Gasteiger partial charge is 0.185 e. The van der Waals surface area contributed by atoms with Gasteiger partial charge in [-0.1, -0.05) is 22.0 Å². The van der Waals surface area contributed by atoms with Crippen molar-refractivity contribution >= 4 is 21.7 Å². The molecule has 1 heterocycles. The van der Waals surface area contributed by atoms with Crippen LogP contribution in [0.3, 0.4) is 0 Å². The largest absolute Gasteiger partial charge is 0.292 e. The van der Waals surface area contributed by atoms with Crippen LogP contribution in [0, 0.1) is 12.7 Å². The third kappa shape index (κ3) is 3.01. The lowest BCUT2D eigenvalue weighted by Gasteiger charge is -2.04. The summed E-state index contributed by atoms with van der Waals surface area (Å²) >= 11 is 3.25. The van der Waals surface area contributed by atoms with E-state index >= 15 is 0 Å². The highest BCUT2D eigenvalue weighted by Crippen LogP contribution is 2.19. The van der Waals surface area contributed by atoms with E-state index in [1.807, 2.05) is 13.0 Å². The number of hydrogen-bond donors (Lipinski definition) is 0. The summed E-state index contributed by atoms with van der Waals surface area (Å²) < 4.78 is 13.5. The van der Waals surface area contributed by atoms with Gasteiger partial charge in [0.2, 0.25) is 0 Å². The Morgan fingerprint density at radius 1 is 1.33 bits per heavy atom. The zero-order valence-electron chi connectivity index (χ0n) is 9.78. The molecule has 2 rings (SSSR count). The fourth-order valence-electron chi connectivity index (χ4n) is 1.62. The molecule has 0 atom stereocenters. The van der Waals surface area contributed by atoms with Crippen molar-refractivity contribution in [2.45, 2.75) is 13.3 Å². The van der Waals surface area contributed by atoms with E-state index in [-0.39, 0.29) is 18.0 Å². The summed E-state index contributed by atoms with van der Waals surface area (Å²) in [4.78, 5) is 16.1. The predicted octanol–water partition coefficient (Wildman–Crippen LogP) is 3.72. The van der Waals surface area contributed by atoms with E-state index in [1.54, 1.807) is 18.3 Å². The van der Waals surface area contributed by atoms with Gasteiger partial charge >= 0.3 is 0 Å². The van der Waals surface area contributed by atoms with Crippen LogP contribution in [0.2, 0.25) is 0 Å². The van der Waals surface area contributed by atoms with Crippen LogP contribution in [-0.2, 0) is 6.42 Å². The van der Waals surface area contributed by atoms with Gasteiger partial charge in [0.25, 0.3) is 0 Å². The molecule has 0 aliphatic rings. The zero-order valence-corrected chi connectivity index (χ0v) is 11.4. The highest BCUT2D eigenvalue weighted by Gasteiger charge is 2.11. The fourth-order valence-corrected chi connectivity index (χ4v) is 2.11. The summed E-state index contributed by atoms with van der Waals surface area (Å²) in [5, 5.41) is 0. The molecular formula is C14H11BrFNO. The second-order valence-corrected chi connectivity index (χ2v) is 4.91. The molecule has 0 saturated heterocycles. The highest BCUT2D eigenvalue weighted by molar-refractivity contribution is 9.10. The Labute approximate surface area is 113 Å². The molecule has 2 nitrogen and oxygen atoms in total. The van der Waals surface area contributed by atoms with Crippen LogP contribution in [0.15, 0.2) is 41.0 Å². The Bertz CT molecular complexity index is 598. The molecule has 4 heteroatoms. The topological polar surface area (TPSA) is 30.0 Å². The standard InChI is InChI=1S/C14H11BrFNO/c1-9-4-5-17-13(6-9)14(18)7-10-2-3-11(16)8-12(10)15/h2-6,8H,7H2,1H3. The van der Waals surface area contributed by atoms with Crippen LogP contribution < -0.4 is 0 Å². The maximum absolute atomic E-state index is 12.9. The molecule has 0 bridgehead atoms. The number of ketones is 1. The molecule has 18 heavy (non-hydrogen) atoms. The summed E-state index contributed by atoms with van der Waals surface area (Å²) in [6.07, 6.45) is 1.82. The number of halogens is 2. The van der Waals surface area contributed by atoms with Crippen LogP contribution in [0.1, 0.15) is 21.6 Å². The monoisotopic (exact) mass is 307 g/mol. The van der Waals surface area contributed by atoms with Gasteiger partial charge in [0, 0.05) is 17.1 Å². The molecular weight excluding hydrogens is 297 g/mol. The van der Waals surface area contributed by atoms with Gasteiger partial charge in [0.15, 0.2) is 5.78 Å². The minimum Gasteiger partial charge on any atom is -0.292 e. The lowest BCUT2D eigenvalue weighted by Crippen LogP contribution is -2.06. The number of nitrogens with zero attached hydrogens (tertiary/aromatic N) is 1. The van der Waals surface area contributed by atoms with Crippen LogP contribution in [0.4, 0.5) is 4.39 Å². The van der Waals surface area contributed by atoms with Gasteiger partial charge in [-0.3, -0.25) is 9.78 Å². The average molecular weight is 308 g/mol. The number of aromatic nitrogens is 1. The molecule has 0 amide bonds. The van der Waals surface area contributed by atoms with Crippen LogP contribution in [0.25, 0.3) is 0 Å². The molecule has 0 radical (unpaired) electrons. The van der Waals surface area contributed by atoms with E-state index in [2.05, 4.69) is 20.9 Å². The molecule has 0 aliphatic heterocycles. The Morgan fingerprint density at radius 3 is 2.78 bits per heavy atom. The first kappa shape index (κ1) is 12.9. The fraction of sp³-hybridized carbons (Fsp3) is 0.143. The number of rotatable bonds is 3. The number of benzene rings is 1. The van der Waals surface area contributed by atoms with E-state index in [0.717, 1.165) is 11.1 Å². The second-order valence-electron chi connectivity index (χ2n) is 4.05. The Balaban J connectivity index is 2.21. The van der Waals surface area contributed by atoms with E-state index in [0.29, 0.717) is 10.2 Å². The van der Waals surface area contributed by atoms with E-state index in [9.17, 15) is 9.18 Å². The molecule has 0 spiro atoms. The van der Waals surface area contributed by atoms with Crippen molar-refractivity contribution in [1.82, 2.24) is 4.98 Å². The minimum atomic E-state index is -0.327. The Hall–Kier alpha value is -1.55. The lowest BCUT2D eigenvalue weighted by atomic mass is 10.1. The molecule has 0 fully saturated rings. The van der Waals surface area contributed by atoms with Crippen molar-refractivity contribution in [1.29, 1.82) is 0 Å². The number of pyridine rings is 1. The van der Waals surface area contributed by atoms with E-state index < -0.39 is 0 Å². The molecule has 0 saturated carbocycles. The maximum atomic E-state index is 12.9. The van der Waals surface area contributed by atoms with Crippen molar-refractivity contribution in [2.24, 2.45) is 0 Å². The Morgan fingerprint density at radius 2 is 2.11 bits per heavy atom.